The van der Waals surface area contributed by atoms with Gasteiger partial charge in [0.05, 0.1) is 12.4 Å². The highest BCUT2D eigenvalue weighted by Gasteiger charge is 2.05. The Hall–Kier alpha value is -0.920. The van der Waals surface area contributed by atoms with Crippen LogP contribution in [0, 0.1) is 0 Å². The number of esters is 1. The minimum Gasteiger partial charge on any atom is -0.463 e. The van der Waals surface area contributed by atoms with Crippen molar-refractivity contribution in [3.63, 3.8) is 0 Å². The van der Waals surface area contributed by atoms with E-state index >= 15 is 0 Å². The summed E-state index contributed by atoms with van der Waals surface area (Å²) in [6.07, 6.45) is 2.31. The molecule has 0 aliphatic heterocycles. The lowest BCUT2D eigenvalue weighted by Crippen LogP contribution is -2.06. The minimum atomic E-state index is -3.90. The first-order chi connectivity index (χ1) is 8.28. The van der Waals surface area contributed by atoms with Crippen molar-refractivity contribution in [1.82, 2.24) is 5.32 Å². The summed E-state index contributed by atoms with van der Waals surface area (Å²) >= 11 is 0. The van der Waals surface area contributed by atoms with Crippen molar-refractivity contribution in [2.75, 3.05) is 26.5 Å². The van der Waals surface area contributed by atoms with Crippen molar-refractivity contribution in [3.05, 3.63) is 11.6 Å². The average molecular weight is 281 g/mol. The molecule has 108 valence electrons. The summed E-state index contributed by atoms with van der Waals surface area (Å²) in [6.45, 7) is 3.63. The molecule has 0 aliphatic rings. The lowest BCUT2D eigenvalue weighted by molar-refractivity contribution is -0.138. The molecule has 7 heteroatoms. The molecule has 18 heavy (non-hydrogen) atoms. The molecule has 0 heterocycles. The SMILES string of the molecule is CCOC(=O)C(C)=CCCCS(=O)(=O)O.CNC. The van der Waals surface area contributed by atoms with Crippen molar-refractivity contribution < 1.29 is 22.5 Å². The number of hydrogen-bond donors (Lipinski definition) is 2. The molecule has 0 aromatic carbocycles. The van der Waals surface area contributed by atoms with Gasteiger partial charge in [-0.3, -0.25) is 4.55 Å². The fourth-order valence-corrected chi connectivity index (χ4v) is 1.44. The van der Waals surface area contributed by atoms with Crippen LogP contribution in [0.2, 0.25) is 0 Å². The molecule has 2 N–H and O–H groups in total. The largest absolute Gasteiger partial charge is 0.463 e. The average Bonchev–Trinajstić information content (AvgIpc) is 2.24. The van der Waals surface area contributed by atoms with Crippen LogP contribution in [-0.4, -0.2) is 45.4 Å². The van der Waals surface area contributed by atoms with Crippen molar-refractivity contribution in [1.29, 1.82) is 0 Å². The molecule has 0 rings (SSSR count). The van der Waals surface area contributed by atoms with Gasteiger partial charge in [0.15, 0.2) is 0 Å². The van der Waals surface area contributed by atoms with E-state index in [-0.39, 0.29) is 12.2 Å². The first kappa shape index (κ1) is 19.4. The summed E-state index contributed by atoms with van der Waals surface area (Å²) in [5.41, 5.74) is 0.451. The number of rotatable bonds is 6. The predicted octanol–water partition coefficient (Wildman–Crippen LogP) is 0.999. The van der Waals surface area contributed by atoms with Crippen LogP contribution in [0.4, 0.5) is 0 Å². The van der Waals surface area contributed by atoms with E-state index in [1.807, 2.05) is 14.1 Å². The van der Waals surface area contributed by atoms with Crippen LogP contribution in [0.15, 0.2) is 11.6 Å². The highest BCUT2D eigenvalue weighted by atomic mass is 32.2. The summed E-state index contributed by atoms with van der Waals surface area (Å²) in [7, 11) is -0.148. The van der Waals surface area contributed by atoms with Crippen molar-refractivity contribution >= 4 is 16.1 Å². The zero-order valence-corrected chi connectivity index (χ0v) is 12.2. The second kappa shape index (κ2) is 11.2. The standard InChI is InChI=1S/C9H16O5S.C2H7N/c1-3-14-9(10)8(2)6-4-5-7-15(11,12)13;1-3-2/h6H,3-5,7H2,1-2H3,(H,11,12,13);3H,1-2H3. The van der Waals surface area contributed by atoms with Gasteiger partial charge in [0.1, 0.15) is 0 Å². The Morgan fingerprint density at radius 3 is 2.28 bits per heavy atom. The number of nitrogens with one attached hydrogen (secondary N) is 1. The Balaban J connectivity index is 0. The second-order valence-electron chi connectivity index (χ2n) is 3.54. The van der Waals surface area contributed by atoms with Gasteiger partial charge in [0, 0.05) is 5.57 Å². The van der Waals surface area contributed by atoms with Gasteiger partial charge in [-0.1, -0.05) is 6.08 Å². The monoisotopic (exact) mass is 281 g/mol. The molecular weight excluding hydrogens is 258 g/mol. The third-order valence-electron chi connectivity index (χ3n) is 1.65. The number of carbonyl (C=O) groups is 1. The summed E-state index contributed by atoms with van der Waals surface area (Å²) < 4.78 is 33.9. The van der Waals surface area contributed by atoms with Crippen LogP contribution in [0.25, 0.3) is 0 Å². The minimum absolute atomic E-state index is 0.287. The zero-order chi connectivity index (χ0) is 14.6. The third kappa shape index (κ3) is 15.1. The van der Waals surface area contributed by atoms with E-state index in [9.17, 15) is 13.2 Å². The summed E-state index contributed by atoms with van der Waals surface area (Å²) in [5, 5.41) is 2.75. The number of allylic oxidation sites excluding steroid dienone is 1. The number of ether oxygens (including phenoxy) is 1. The lowest BCUT2D eigenvalue weighted by Gasteiger charge is -2.01. The van der Waals surface area contributed by atoms with Crippen LogP contribution in [0.3, 0.4) is 0 Å². The molecule has 0 aromatic rings. The molecule has 0 saturated heterocycles. The Kier molecular flexibility index (Phi) is 12.1. The number of hydrogen-bond acceptors (Lipinski definition) is 5. The maximum absolute atomic E-state index is 11.1. The molecule has 0 aliphatic carbocycles. The summed E-state index contributed by atoms with van der Waals surface area (Å²) in [5.74, 6) is -0.691. The third-order valence-corrected chi connectivity index (χ3v) is 2.46. The van der Waals surface area contributed by atoms with Crippen molar-refractivity contribution in [2.24, 2.45) is 0 Å². The summed E-state index contributed by atoms with van der Waals surface area (Å²) in [4.78, 5) is 11.1. The quantitative estimate of drug-likeness (QED) is 0.326. The smallest absolute Gasteiger partial charge is 0.333 e. The topological polar surface area (TPSA) is 92.7 Å². The van der Waals surface area contributed by atoms with E-state index < -0.39 is 16.1 Å². The van der Waals surface area contributed by atoms with Gasteiger partial charge in [-0.05, 0) is 40.8 Å². The van der Waals surface area contributed by atoms with Gasteiger partial charge in [0.25, 0.3) is 10.1 Å². The summed E-state index contributed by atoms with van der Waals surface area (Å²) in [6, 6.07) is 0. The highest BCUT2D eigenvalue weighted by molar-refractivity contribution is 7.85. The van der Waals surface area contributed by atoms with Crippen LogP contribution in [-0.2, 0) is 19.6 Å². The molecule has 0 amide bonds. The maximum atomic E-state index is 11.1. The van der Waals surface area contributed by atoms with Gasteiger partial charge in [0.2, 0.25) is 0 Å². The van der Waals surface area contributed by atoms with E-state index in [0.29, 0.717) is 18.6 Å². The Morgan fingerprint density at radius 1 is 1.39 bits per heavy atom. The van der Waals surface area contributed by atoms with E-state index in [2.05, 4.69) is 5.32 Å². The fourth-order valence-electron chi connectivity index (χ4n) is 0.913. The molecule has 0 unspecified atom stereocenters. The Bertz CT molecular complexity index is 348. The van der Waals surface area contributed by atoms with Crippen LogP contribution in [0.5, 0.6) is 0 Å². The van der Waals surface area contributed by atoms with E-state index in [0.717, 1.165) is 0 Å². The molecule has 6 nitrogen and oxygen atoms in total. The molecule has 0 spiro atoms. The maximum Gasteiger partial charge on any atom is 0.333 e. The fraction of sp³-hybridized carbons (Fsp3) is 0.727. The van der Waals surface area contributed by atoms with Crippen LogP contribution >= 0.6 is 0 Å². The second-order valence-corrected chi connectivity index (χ2v) is 5.11. The zero-order valence-electron chi connectivity index (χ0n) is 11.4. The first-order valence-corrected chi connectivity index (χ1v) is 7.26. The number of carbonyl (C=O) groups excluding carboxylic acids is 1. The molecule has 0 aromatic heterocycles. The highest BCUT2D eigenvalue weighted by Crippen LogP contribution is 2.02. The number of unbranched alkanes of at least 4 members (excludes halogenated alkanes) is 1. The van der Waals surface area contributed by atoms with Gasteiger partial charge in [-0.25, -0.2) is 4.79 Å². The molecule has 0 atom stereocenters. The molecule has 0 saturated carbocycles. The van der Waals surface area contributed by atoms with Crippen LogP contribution < -0.4 is 5.32 Å². The predicted molar refractivity (Wildman–Crippen MR) is 71.0 cm³/mol. The normalized spacial score (nSPS) is 11.5. The van der Waals surface area contributed by atoms with Gasteiger partial charge < -0.3 is 10.1 Å². The van der Waals surface area contributed by atoms with Gasteiger partial charge in [-0.2, -0.15) is 8.42 Å². The van der Waals surface area contributed by atoms with Gasteiger partial charge in [-0.15, -0.1) is 0 Å². The van der Waals surface area contributed by atoms with E-state index in [1.54, 1.807) is 19.9 Å². The molecule has 0 radical (unpaired) electrons. The van der Waals surface area contributed by atoms with Crippen LogP contribution in [0.1, 0.15) is 26.7 Å². The lowest BCUT2D eigenvalue weighted by atomic mass is 10.2. The molecule has 0 fully saturated rings. The van der Waals surface area contributed by atoms with E-state index in [1.165, 1.54) is 0 Å². The Morgan fingerprint density at radius 2 is 1.89 bits per heavy atom. The van der Waals surface area contributed by atoms with Crippen molar-refractivity contribution in [3.8, 4) is 0 Å². The molecule has 0 bridgehead atoms. The Labute approximate surface area is 109 Å². The molecular formula is C11H23NO5S. The van der Waals surface area contributed by atoms with Crippen molar-refractivity contribution in [2.45, 2.75) is 26.7 Å². The first-order valence-electron chi connectivity index (χ1n) is 5.66. The van der Waals surface area contributed by atoms with Gasteiger partial charge >= 0.3 is 5.97 Å². The van der Waals surface area contributed by atoms with E-state index in [4.69, 9.17) is 9.29 Å².